The van der Waals surface area contributed by atoms with E-state index in [0.29, 0.717) is 5.75 Å². The lowest BCUT2D eigenvalue weighted by Gasteiger charge is -2.14. The second-order valence-corrected chi connectivity index (χ2v) is 7.74. The number of nitrogens with one attached hydrogen (secondary N) is 1. The van der Waals surface area contributed by atoms with Crippen molar-refractivity contribution < 1.29 is 27.5 Å². The van der Waals surface area contributed by atoms with Gasteiger partial charge in [0.25, 0.3) is 5.91 Å². The van der Waals surface area contributed by atoms with Gasteiger partial charge in [-0.15, -0.1) is 0 Å². The monoisotopic (exact) mass is 426 g/mol. The van der Waals surface area contributed by atoms with E-state index in [1.807, 2.05) is 0 Å². The zero-order valence-corrected chi connectivity index (χ0v) is 16.7. The Hall–Kier alpha value is -2.62. The third-order valence-electron chi connectivity index (χ3n) is 3.75. The van der Waals surface area contributed by atoms with Gasteiger partial charge in [-0.05, 0) is 42.8 Å². The quantitative estimate of drug-likeness (QED) is 0.651. The van der Waals surface area contributed by atoms with Gasteiger partial charge in [0.1, 0.15) is 10.6 Å². The number of esters is 1. The van der Waals surface area contributed by atoms with Gasteiger partial charge in [-0.25, -0.2) is 18.4 Å². The lowest BCUT2D eigenvalue weighted by atomic mass is 10.2. The second-order valence-electron chi connectivity index (χ2n) is 5.80. The number of carbonyl (C=O) groups is 2. The molecule has 0 heterocycles. The van der Waals surface area contributed by atoms with Crippen LogP contribution in [-0.2, 0) is 26.1 Å². The first-order valence-electron chi connectivity index (χ1n) is 8.06. The minimum Gasteiger partial charge on any atom is -0.497 e. The molecule has 0 saturated carbocycles. The topological polar surface area (TPSA) is 125 Å². The highest BCUT2D eigenvalue weighted by molar-refractivity contribution is 7.89. The lowest BCUT2D eigenvalue weighted by Crippen LogP contribution is -2.35. The molecule has 10 heteroatoms. The molecule has 1 unspecified atom stereocenters. The van der Waals surface area contributed by atoms with Crippen LogP contribution in [0.3, 0.4) is 0 Å². The minimum absolute atomic E-state index is 0.0942. The first-order chi connectivity index (χ1) is 13.1. The van der Waals surface area contributed by atoms with Gasteiger partial charge in [-0.3, -0.25) is 4.79 Å². The predicted molar refractivity (Wildman–Crippen MR) is 103 cm³/mol. The van der Waals surface area contributed by atoms with E-state index < -0.39 is 32.9 Å². The van der Waals surface area contributed by atoms with Crippen molar-refractivity contribution in [1.82, 2.24) is 5.32 Å². The van der Waals surface area contributed by atoms with Crippen LogP contribution in [0.1, 0.15) is 22.8 Å². The SMILES string of the molecule is COc1ccc(CNC(=O)C(C)OC(=O)c2ccc(Cl)c(S(N)(=O)=O)c2)cc1. The Bertz CT molecular complexity index is 976. The van der Waals surface area contributed by atoms with Crippen LogP contribution in [-0.4, -0.2) is 33.5 Å². The normalized spacial score (nSPS) is 12.1. The van der Waals surface area contributed by atoms with Crippen LogP contribution in [0.25, 0.3) is 0 Å². The van der Waals surface area contributed by atoms with Crippen LogP contribution < -0.4 is 15.2 Å². The number of rotatable bonds is 7. The first kappa shape index (κ1) is 21.7. The molecular weight excluding hydrogens is 408 g/mol. The molecule has 0 bridgehead atoms. The highest BCUT2D eigenvalue weighted by Gasteiger charge is 2.21. The number of amides is 1. The van der Waals surface area contributed by atoms with Crippen LogP contribution in [0, 0.1) is 0 Å². The van der Waals surface area contributed by atoms with Gasteiger partial charge < -0.3 is 14.8 Å². The Morgan fingerprint density at radius 3 is 2.39 bits per heavy atom. The molecule has 2 rings (SSSR count). The molecule has 150 valence electrons. The number of halogens is 1. The summed E-state index contributed by atoms with van der Waals surface area (Å²) in [6.45, 7) is 1.64. The average molecular weight is 427 g/mol. The summed E-state index contributed by atoms with van der Waals surface area (Å²) < 4.78 is 33.1. The molecule has 2 aromatic rings. The van der Waals surface area contributed by atoms with Crippen LogP contribution >= 0.6 is 11.6 Å². The number of carbonyl (C=O) groups excluding carboxylic acids is 2. The summed E-state index contributed by atoms with van der Waals surface area (Å²) in [5.74, 6) is -0.697. The van der Waals surface area contributed by atoms with Crippen molar-refractivity contribution in [2.45, 2.75) is 24.5 Å². The molecule has 0 aliphatic heterocycles. The van der Waals surface area contributed by atoms with Crippen LogP contribution in [0.15, 0.2) is 47.4 Å². The smallest absolute Gasteiger partial charge is 0.338 e. The highest BCUT2D eigenvalue weighted by atomic mass is 35.5. The van der Waals surface area contributed by atoms with E-state index in [4.69, 9.17) is 26.2 Å². The summed E-state index contributed by atoms with van der Waals surface area (Å²) in [7, 11) is -2.55. The zero-order valence-electron chi connectivity index (χ0n) is 15.1. The van der Waals surface area contributed by atoms with Gasteiger partial charge in [0.2, 0.25) is 10.0 Å². The Balaban J connectivity index is 1.98. The van der Waals surface area contributed by atoms with Gasteiger partial charge in [0.05, 0.1) is 17.7 Å². The zero-order chi connectivity index (χ0) is 20.9. The van der Waals surface area contributed by atoms with E-state index in [1.165, 1.54) is 19.1 Å². The number of benzene rings is 2. The van der Waals surface area contributed by atoms with E-state index in [1.54, 1.807) is 31.4 Å². The number of hydrogen-bond acceptors (Lipinski definition) is 6. The van der Waals surface area contributed by atoms with Gasteiger partial charge in [0, 0.05) is 6.54 Å². The largest absolute Gasteiger partial charge is 0.497 e. The Morgan fingerprint density at radius 2 is 1.82 bits per heavy atom. The Morgan fingerprint density at radius 1 is 1.18 bits per heavy atom. The summed E-state index contributed by atoms with van der Waals surface area (Å²) in [4.78, 5) is 23.9. The molecule has 1 amide bonds. The summed E-state index contributed by atoms with van der Waals surface area (Å²) >= 11 is 5.78. The molecule has 3 N–H and O–H groups in total. The van der Waals surface area contributed by atoms with Crippen molar-refractivity contribution in [2.75, 3.05) is 7.11 Å². The van der Waals surface area contributed by atoms with Crippen molar-refractivity contribution in [3.8, 4) is 5.75 Å². The maximum absolute atomic E-state index is 12.2. The minimum atomic E-state index is -4.11. The summed E-state index contributed by atoms with van der Waals surface area (Å²) in [5, 5.41) is 7.58. The molecule has 28 heavy (non-hydrogen) atoms. The number of methoxy groups -OCH3 is 1. The van der Waals surface area contributed by atoms with Crippen molar-refractivity contribution >= 4 is 33.5 Å². The van der Waals surface area contributed by atoms with Crippen LogP contribution in [0.4, 0.5) is 0 Å². The Labute approximate surface area is 167 Å². The number of sulfonamides is 1. The molecular formula is C18H19ClN2O6S. The molecule has 8 nitrogen and oxygen atoms in total. The fourth-order valence-electron chi connectivity index (χ4n) is 2.21. The average Bonchev–Trinajstić information content (AvgIpc) is 2.65. The molecule has 0 aliphatic carbocycles. The predicted octanol–water partition coefficient (Wildman–Crippen LogP) is 1.86. The van der Waals surface area contributed by atoms with Gasteiger partial charge in [-0.1, -0.05) is 23.7 Å². The molecule has 0 fully saturated rings. The fraction of sp³-hybridized carbons (Fsp3) is 0.222. The standard InChI is InChI=1S/C18H19ClN2O6S/c1-11(17(22)21-10-12-3-6-14(26-2)7-4-12)27-18(23)13-5-8-15(19)16(9-13)28(20,24)25/h3-9,11H,10H2,1-2H3,(H,21,22)(H2,20,24,25). The third kappa shape index (κ3) is 5.69. The fourth-order valence-corrected chi connectivity index (χ4v) is 3.28. The van der Waals surface area contributed by atoms with Crippen LogP contribution in [0.5, 0.6) is 5.75 Å². The highest BCUT2D eigenvalue weighted by Crippen LogP contribution is 2.22. The summed E-state index contributed by atoms with van der Waals surface area (Å²) in [6.07, 6.45) is -1.10. The molecule has 0 radical (unpaired) electrons. The summed E-state index contributed by atoms with van der Waals surface area (Å²) in [6, 6.07) is 10.6. The van der Waals surface area contributed by atoms with Gasteiger partial charge in [-0.2, -0.15) is 0 Å². The third-order valence-corrected chi connectivity index (χ3v) is 5.14. The molecule has 0 aliphatic rings. The molecule has 2 aromatic carbocycles. The molecule has 0 aromatic heterocycles. The summed E-state index contributed by atoms with van der Waals surface area (Å²) in [5.41, 5.74) is 0.742. The van der Waals surface area contributed by atoms with E-state index >= 15 is 0 Å². The molecule has 1 atom stereocenters. The Kier molecular flexibility index (Phi) is 7.00. The number of ether oxygens (including phenoxy) is 2. The number of nitrogens with two attached hydrogens (primary N) is 1. The van der Waals surface area contributed by atoms with Crippen molar-refractivity contribution in [3.63, 3.8) is 0 Å². The second kappa shape index (κ2) is 9.05. The maximum atomic E-state index is 12.2. The van der Waals surface area contributed by atoms with Gasteiger partial charge >= 0.3 is 5.97 Å². The van der Waals surface area contributed by atoms with E-state index in [0.717, 1.165) is 11.6 Å². The maximum Gasteiger partial charge on any atom is 0.338 e. The van der Waals surface area contributed by atoms with E-state index in [-0.39, 0.29) is 17.1 Å². The van der Waals surface area contributed by atoms with Crippen LogP contribution in [0.2, 0.25) is 5.02 Å². The molecule has 0 spiro atoms. The van der Waals surface area contributed by atoms with Crippen molar-refractivity contribution in [3.05, 3.63) is 58.6 Å². The van der Waals surface area contributed by atoms with Crippen molar-refractivity contribution in [2.24, 2.45) is 5.14 Å². The number of primary sulfonamides is 1. The molecule has 0 saturated heterocycles. The van der Waals surface area contributed by atoms with E-state index in [2.05, 4.69) is 5.32 Å². The number of hydrogen-bond donors (Lipinski definition) is 2. The lowest BCUT2D eigenvalue weighted by molar-refractivity contribution is -0.129. The first-order valence-corrected chi connectivity index (χ1v) is 9.98. The van der Waals surface area contributed by atoms with E-state index in [9.17, 15) is 18.0 Å². The van der Waals surface area contributed by atoms with Crippen molar-refractivity contribution in [1.29, 1.82) is 0 Å². The van der Waals surface area contributed by atoms with Gasteiger partial charge in [0.15, 0.2) is 6.10 Å².